The van der Waals surface area contributed by atoms with Crippen molar-refractivity contribution in [3.8, 4) is 0 Å². The quantitative estimate of drug-likeness (QED) is 0.557. The molecule has 0 aromatic heterocycles. The summed E-state index contributed by atoms with van der Waals surface area (Å²) in [5.74, 6) is 0. The van der Waals surface area contributed by atoms with E-state index in [0.717, 1.165) is 23.0 Å². The Morgan fingerprint density at radius 2 is 1.75 bits per heavy atom. The second-order valence-electron chi connectivity index (χ2n) is 5.11. The third-order valence-corrected chi connectivity index (χ3v) is 5.71. The highest BCUT2D eigenvalue weighted by atomic mass is 127. The standard InChI is InChI=1S/C14H21IN2O2S/c15-13-5-7-14(8-6-13)20(18,19)16-9-1-2-10-17-11-3-4-12-17/h5-8,16H,1-4,9-12H2. The Morgan fingerprint density at radius 3 is 2.40 bits per heavy atom. The maximum Gasteiger partial charge on any atom is 0.240 e. The van der Waals surface area contributed by atoms with Gasteiger partial charge in [-0.1, -0.05) is 0 Å². The molecule has 6 heteroatoms. The molecule has 20 heavy (non-hydrogen) atoms. The minimum atomic E-state index is -3.34. The number of rotatable bonds is 7. The van der Waals surface area contributed by atoms with Crippen LogP contribution in [0.2, 0.25) is 0 Å². The van der Waals surface area contributed by atoms with Crippen molar-refractivity contribution in [3.63, 3.8) is 0 Å². The largest absolute Gasteiger partial charge is 0.303 e. The first-order valence-corrected chi connectivity index (χ1v) is 9.62. The first-order chi connectivity index (χ1) is 9.58. The molecule has 4 nitrogen and oxygen atoms in total. The summed E-state index contributed by atoms with van der Waals surface area (Å²) >= 11 is 2.16. The summed E-state index contributed by atoms with van der Waals surface area (Å²) in [4.78, 5) is 2.80. The van der Waals surface area contributed by atoms with Gasteiger partial charge in [0.1, 0.15) is 0 Å². The molecule has 0 saturated carbocycles. The number of hydrogen-bond donors (Lipinski definition) is 1. The van der Waals surface area contributed by atoms with E-state index in [4.69, 9.17) is 0 Å². The van der Waals surface area contributed by atoms with Gasteiger partial charge in [0.2, 0.25) is 10.0 Å². The highest BCUT2D eigenvalue weighted by Crippen LogP contribution is 2.12. The van der Waals surface area contributed by atoms with E-state index in [1.807, 2.05) is 12.1 Å². The van der Waals surface area contributed by atoms with Crippen LogP contribution in [0.5, 0.6) is 0 Å². The van der Waals surface area contributed by atoms with Crippen molar-refractivity contribution in [2.45, 2.75) is 30.6 Å². The van der Waals surface area contributed by atoms with Gasteiger partial charge < -0.3 is 4.90 Å². The molecule has 1 aromatic rings. The topological polar surface area (TPSA) is 49.4 Å². The predicted octanol–water partition coefficient (Wildman–Crippen LogP) is 2.45. The van der Waals surface area contributed by atoms with Gasteiger partial charge in [-0.25, -0.2) is 13.1 Å². The van der Waals surface area contributed by atoms with Gasteiger partial charge in [0.25, 0.3) is 0 Å². The number of benzene rings is 1. The molecule has 0 spiro atoms. The van der Waals surface area contributed by atoms with Crippen molar-refractivity contribution < 1.29 is 8.42 Å². The molecule has 1 aromatic carbocycles. The number of likely N-dealkylation sites (tertiary alicyclic amines) is 1. The molecule has 1 heterocycles. The molecule has 0 bridgehead atoms. The van der Waals surface area contributed by atoms with Gasteiger partial charge in [0.05, 0.1) is 4.90 Å². The Bertz CT molecular complexity index is 510. The van der Waals surface area contributed by atoms with Crippen molar-refractivity contribution in [2.75, 3.05) is 26.2 Å². The van der Waals surface area contributed by atoms with Crippen LogP contribution in [0.1, 0.15) is 25.7 Å². The van der Waals surface area contributed by atoms with Gasteiger partial charge >= 0.3 is 0 Å². The number of halogens is 1. The van der Waals surface area contributed by atoms with Crippen LogP contribution in [0.4, 0.5) is 0 Å². The molecular weight excluding hydrogens is 387 g/mol. The minimum Gasteiger partial charge on any atom is -0.303 e. The maximum atomic E-state index is 12.0. The van der Waals surface area contributed by atoms with Crippen LogP contribution >= 0.6 is 22.6 Å². The molecule has 0 radical (unpaired) electrons. The summed E-state index contributed by atoms with van der Waals surface area (Å²) in [6.07, 6.45) is 4.55. The Hall–Kier alpha value is -0.180. The van der Waals surface area contributed by atoms with Crippen molar-refractivity contribution >= 4 is 32.6 Å². The van der Waals surface area contributed by atoms with Crippen LogP contribution in [-0.4, -0.2) is 39.5 Å². The van der Waals surface area contributed by atoms with Crippen LogP contribution < -0.4 is 4.72 Å². The van der Waals surface area contributed by atoms with E-state index in [1.54, 1.807) is 12.1 Å². The van der Waals surface area contributed by atoms with Gasteiger partial charge in [0.15, 0.2) is 0 Å². The Labute approximate surface area is 135 Å². The molecule has 112 valence electrons. The molecule has 1 N–H and O–H groups in total. The van der Waals surface area contributed by atoms with E-state index in [0.29, 0.717) is 11.4 Å². The molecule has 1 saturated heterocycles. The molecule has 0 amide bonds. The van der Waals surface area contributed by atoms with E-state index < -0.39 is 10.0 Å². The highest BCUT2D eigenvalue weighted by molar-refractivity contribution is 14.1. The number of nitrogens with one attached hydrogen (secondary N) is 1. The lowest BCUT2D eigenvalue weighted by molar-refractivity contribution is 0.330. The summed E-state index contributed by atoms with van der Waals surface area (Å²) < 4.78 is 27.8. The molecule has 1 aliphatic rings. The lowest BCUT2D eigenvalue weighted by Gasteiger charge is -2.14. The molecule has 0 aliphatic carbocycles. The second-order valence-corrected chi connectivity index (χ2v) is 8.12. The van der Waals surface area contributed by atoms with Crippen LogP contribution in [0, 0.1) is 3.57 Å². The fourth-order valence-electron chi connectivity index (χ4n) is 2.37. The average molecular weight is 408 g/mol. The Morgan fingerprint density at radius 1 is 1.10 bits per heavy atom. The number of sulfonamides is 1. The van der Waals surface area contributed by atoms with Crippen LogP contribution in [0.3, 0.4) is 0 Å². The second kappa shape index (κ2) is 7.72. The Kier molecular flexibility index (Phi) is 6.25. The van der Waals surface area contributed by atoms with Crippen LogP contribution in [0.15, 0.2) is 29.2 Å². The SMILES string of the molecule is O=S(=O)(NCCCCN1CCCC1)c1ccc(I)cc1. The fraction of sp³-hybridized carbons (Fsp3) is 0.571. The molecule has 1 fully saturated rings. The molecule has 2 rings (SSSR count). The van der Waals surface area contributed by atoms with Gasteiger partial charge in [-0.2, -0.15) is 0 Å². The molecule has 0 unspecified atom stereocenters. The molecular formula is C14H21IN2O2S. The summed E-state index contributed by atoms with van der Waals surface area (Å²) in [5.41, 5.74) is 0. The van der Waals surface area contributed by atoms with Crippen molar-refractivity contribution in [1.82, 2.24) is 9.62 Å². The smallest absolute Gasteiger partial charge is 0.240 e. The van der Waals surface area contributed by atoms with Crippen LogP contribution in [0.25, 0.3) is 0 Å². The average Bonchev–Trinajstić information content (AvgIpc) is 2.92. The zero-order valence-corrected chi connectivity index (χ0v) is 14.5. The monoisotopic (exact) mass is 408 g/mol. The predicted molar refractivity (Wildman–Crippen MR) is 89.3 cm³/mol. The van der Waals surface area contributed by atoms with E-state index in [2.05, 4.69) is 32.2 Å². The van der Waals surface area contributed by atoms with Crippen molar-refractivity contribution in [3.05, 3.63) is 27.8 Å². The summed E-state index contributed by atoms with van der Waals surface area (Å²) in [5, 5.41) is 0. The first-order valence-electron chi connectivity index (χ1n) is 7.05. The maximum absolute atomic E-state index is 12.0. The van der Waals surface area contributed by atoms with Gasteiger partial charge in [-0.05, 0) is 92.2 Å². The zero-order valence-electron chi connectivity index (χ0n) is 11.5. The fourth-order valence-corrected chi connectivity index (χ4v) is 3.80. The van der Waals surface area contributed by atoms with Crippen molar-refractivity contribution in [1.29, 1.82) is 0 Å². The first kappa shape index (κ1) is 16.2. The third kappa shape index (κ3) is 4.98. The zero-order chi connectivity index (χ0) is 14.4. The summed E-state index contributed by atoms with van der Waals surface area (Å²) in [6, 6.07) is 6.91. The summed E-state index contributed by atoms with van der Waals surface area (Å²) in [6.45, 7) is 4.01. The van der Waals surface area contributed by atoms with Gasteiger partial charge in [-0.15, -0.1) is 0 Å². The number of nitrogens with zero attached hydrogens (tertiary/aromatic N) is 1. The number of hydrogen-bond acceptors (Lipinski definition) is 3. The molecule has 0 atom stereocenters. The van der Waals surface area contributed by atoms with Gasteiger partial charge in [0, 0.05) is 10.1 Å². The van der Waals surface area contributed by atoms with Crippen molar-refractivity contribution in [2.24, 2.45) is 0 Å². The normalized spacial score (nSPS) is 16.6. The van der Waals surface area contributed by atoms with E-state index in [-0.39, 0.29) is 0 Å². The van der Waals surface area contributed by atoms with Gasteiger partial charge in [-0.3, -0.25) is 0 Å². The highest BCUT2D eigenvalue weighted by Gasteiger charge is 2.13. The molecule has 1 aliphatic heterocycles. The lowest BCUT2D eigenvalue weighted by atomic mass is 10.3. The van der Waals surface area contributed by atoms with E-state index >= 15 is 0 Å². The van der Waals surface area contributed by atoms with E-state index in [1.165, 1.54) is 25.9 Å². The third-order valence-electron chi connectivity index (χ3n) is 3.52. The van der Waals surface area contributed by atoms with E-state index in [9.17, 15) is 8.42 Å². The van der Waals surface area contributed by atoms with Crippen LogP contribution in [-0.2, 0) is 10.0 Å². The minimum absolute atomic E-state index is 0.345. The lowest BCUT2D eigenvalue weighted by Crippen LogP contribution is -2.26. The number of unbranched alkanes of at least 4 members (excludes halogenated alkanes) is 1. The summed E-state index contributed by atoms with van der Waals surface area (Å²) in [7, 11) is -3.34. The Balaban J connectivity index is 1.71.